The summed E-state index contributed by atoms with van der Waals surface area (Å²) in [6.45, 7) is 8.84. The van der Waals surface area contributed by atoms with Crippen LogP contribution in [0, 0.1) is 13.8 Å². The van der Waals surface area contributed by atoms with Gasteiger partial charge in [-0.3, -0.25) is 9.67 Å². The first-order valence-electron chi connectivity index (χ1n) is 8.69. The van der Waals surface area contributed by atoms with Crippen LogP contribution in [0.15, 0.2) is 29.3 Å². The van der Waals surface area contributed by atoms with Gasteiger partial charge in [0.1, 0.15) is 5.75 Å². The van der Waals surface area contributed by atoms with Crippen molar-refractivity contribution in [1.82, 2.24) is 9.78 Å². The first kappa shape index (κ1) is 22.3. The number of aromatic nitrogens is 2. The molecule has 3 N–H and O–H groups in total. The fourth-order valence-corrected chi connectivity index (χ4v) is 2.71. The van der Waals surface area contributed by atoms with E-state index in [0.717, 1.165) is 30.0 Å². The van der Waals surface area contributed by atoms with E-state index >= 15 is 0 Å². The second kappa shape index (κ2) is 10.4. The SMILES string of the molecule is Cc1nn(C)c(C)c1CCCN=C(N)Nc1ccc(OC(C)C)cc1.I. The number of rotatable bonds is 7. The zero-order valence-corrected chi connectivity index (χ0v) is 18.6. The Morgan fingerprint density at radius 3 is 2.46 bits per heavy atom. The van der Waals surface area contributed by atoms with E-state index in [4.69, 9.17) is 10.5 Å². The Kier molecular flexibility index (Phi) is 8.91. The molecule has 0 radical (unpaired) electrons. The average molecular weight is 471 g/mol. The van der Waals surface area contributed by atoms with Crippen LogP contribution in [0.5, 0.6) is 5.75 Å². The van der Waals surface area contributed by atoms with Gasteiger partial charge in [-0.05, 0) is 70.4 Å². The standard InChI is InChI=1S/C19H29N5O.HI/c1-13(2)25-17-10-8-16(9-11-17)22-19(20)21-12-6-7-18-14(3)23-24(5)15(18)4;/h8-11,13H,6-7,12H2,1-5H3,(H3,20,21,22);1H. The number of nitrogens with one attached hydrogen (secondary N) is 1. The Balaban J connectivity index is 0.00000338. The van der Waals surface area contributed by atoms with Crippen molar-refractivity contribution < 1.29 is 4.74 Å². The average Bonchev–Trinajstić information content (AvgIpc) is 2.78. The number of nitrogens with two attached hydrogens (primary N) is 1. The van der Waals surface area contributed by atoms with Crippen molar-refractivity contribution in [3.8, 4) is 5.75 Å². The summed E-state index contributed by atoms with van der Waals surface area (Å²) in [7, 11) is 1.98. The Labute approximate surface area is 173 Å². The van der Waals surface area contributed by atoms with Crippen LogP contribution in [0.25, 0.3) is 0 Å². The fourth-order valence-electron chi connectivity index (χ4n) is 2.71. The number of guanidine groups is 1. The Morgan fingerprint density at radius 2 is 1.92 bits per heavy atom. The molecule has 7 heteroatoms. The minimum Gasteiger partial charge on any atom is -0.491 e. The van der Waals surface area contributed by atoms with Crippen molar-refractivity contribution in [1.29, 1.82) is 0 Å². The van der Waals surface area contributed by atoms with Gasteiger partial charge in [-0.25, -0.2) is 0 Å². The van der Waals surface area contributed by atoms with Gasteiger partial charge in [-0.2, -0.15) is 5.10 Å². The van der Waals surface area contributed by atoms with Crippen LogP contribution < -0.4 is 15.8 Å². The number of aryl methyl sites for hydroxylation is 2. The molecule has 0 saturated carbocycles. The molecule has 0 saturated heterocycles. The number of anilines is 1. The first-order chi connectivity index (χ1) is 11.9. The van der Waals surface area contributed by atoms with Crippen LogP contribution in [0.1, 0.15) is 37.2 Å². The Morgan fingerprint density at radius 1 is 1.27 bits per heavy atom. The summed E-state index contributed by atoms with van der Waals surface area (Å²) in [6, 6.07) is 7.71. The highest BCUT2D eigenvalue weighted by Gasteiger charge is 2.08. The van der Waals surface area contributed by atoms with Crippen LogP contribution in [0.4, 0.5) is 5.69 Å². The van der Waals surface area contributed by atoms with Gasteiger partial charge in [0, 0.05) is 25.0 Å². The van der Waals surface area contributed by atoms with Crippen molar-refractivity contribution >= 4 is 35.6 Å². The molecule has 0 spiro atoms. The van der Waals surface area contributed by atoms with Crippen molar-refractivity contribution in [2.45, 2.75) is 46.6 Å². The van der Waals surface area contributed by atoms with E-state index in [0.29, 0.717) is 12.5 Å². The zero-order valence-electron chi connectivity index (χ0n) is 16.2. The summed E-state index contributed by atoms with van der Waals surface area (Å²) in [6.07, 6.45) is 2.07. The summed E-state index contributed by atoms with van der Waals surface area (Å²) >= 11 is 0. The molecule has 2 rings (SSSR count). The van der Waals surface area contributed by atoms with E-state index in [2.05, 4.69) is 22.3 Å². The molecule has 0 atom stereocenters. The fraction of sp³-hybridized carbons (Fsp3) is 0.474. The molecule has 0 bridgehead atoms. The minimum atomic E-state index is 0. The number of hydrogen-bond acceptors (Lipinski definition) is 3. The molecule has 26 heavy (non-hydrogen) atoms. The van der Waals surface area contributed by atoms with E-state index in [1.165, 1.54) is 11.3 Å². The number of benzene rings is 1. The van der Waals surface area contributed by atoms with Gasteiger partial charge in [0.25, 0.3) is 0 Å². The minimum absolute atomic E-state index is 0. The predicted octanol–water partition coefficient (Wildman–Crippen LogP) is 3.80. The highest BCUT2D eigenvalue weighted by molar-refractivity contribution is 14.0. The summed E-state index contributed by atoms with van der Waals surface area (Å²) in [4.78, 5) is 4.40. The summed E-state index contributed by atoms with van der Waals surface area (Å²) in [5.74, 6) is 1.27. The normalized spacial score (nSPS) is 11.4. The van der Waals surface area contributed by atoms with Gasteiger partial charge in [0.15, 0.2) is 5.96 Å². The third kappa shape index (κ3) is 6.51. The summed E-state index contributed by atoms with van der Waals surface area (Å²) < 4.78 is 7.55. The molecule has 6 nitrogen and oxygen atoms in total. The lowest BCUT2D eigenvalue weighted by Crippen LogP contribution is -2.22. The van der Waals surface area contributed by atoms with Crippen LogP contribution in [0.2, 0.25) is 0 Å². The number of aliphatic imine (C=N–C) groups is 1. The van der Waals surface area contributed by atoms with Crippen LogP contribution in [-0.4, -0.2) is 28.4 Å². The number of ether oxygens (including phenoxy) is 1. The van der Waals surface area contributed by atoms with Crippen molar-refractivity contribution in [2.75, 3.05) is 11.9 Å². The van der Waals surface area contributed by atoms with Crippen molar-refractivity contribution in [3.63, 3.8) is 0 Å². The molecule has 0 aliphatic rings. The molecule has 0 amide bonds. The van der Waals surface area contributed by atoms with E-state index in [-0.39, 0.29) is 30.1 Å². The number of nitrogens with zero attached hydrogens (tertiary/aromatic N) is 3. The molecular weight excluding hydrogens is 441 g/mol. The monoisotopic (exact) mass is 471 g/mol. The largest absolute Gasteiger partial charge is 0.491 e. The number of hydrogen-bond donors (Lipinski definition) is 2. The van der Waals surface area contributed by atoms with Crippen molar-refractivity contribution in [3.05, 3.63) is 41.2 Å². The highest BCUT2D eigenvalue weighted by Crippen LogP contribution is 2.17. The molecule has 0 aliphatic heterocycles. The zero-order chi connectivity index (χ0) is 18.4. The van der Waals surface area contributed by atoms with Gasteiger partial charge >= 0.3 is 0 Å². The van der Waals surface area contributed by atoms with Crippen LogP contribution in [-0.2, 0) is 13.5 Å². The van der Waals surface area contributed by atoms with Crippen molar-refractivity contribution in [2.24, 2.45) is 17.8 Å². The predicted molar refractivity (Wildman–Crippen MR) is 119 cm³/mol. The maximum Gasteiger partial charge on any atom is 0.193 e. The van der Waals surface area contributed by atoms with Gasteiger partial charge in [0.05, 0.1) is 11.8 Å². The highest BCUT2D eigenvalue weighted by atomic mass is 127. The maximum absolute atomic E-state index is 5.96. The van der Waals surface area contributed by atoms with Gasteiger partial charge in [-0.1, -0.05) is 0 Å². The molecule has 144 valence electrons. The van der Waals surface area contributed by atoms with Gasteiger partial charge < -0.3 is 15.8 Å². The second-order valence-electron chi connectivity index (χ2n) is 6.46. The third-order valence-electron chi connectivity index (χ3n) is 4.02. The molecular formula is C19H30IN5O. The summed E-state index contributed by atoms with van der Waals surface area (Å²) in [5, 5.41) is 7.54. The molecule has 1 aromatic heterocycles. The molecule has 1 aromatic carbocycles. The molecule has 0 unspecified atom stereocenters. The van der Waals surface area contributed by atoms with Crippen LogP contribution in [0.3, 0.4) is 0 Å². The van der Waals surface area contributed by atoms with Gasteiger partial charge in [-0.15, -0.1) is 24.0 Å². The molecule has 1 heterocycles. The second-order valence-corrected chi connectivity index (χ2v) is 6.46. The van der Waals surface area contributed by atoms with Gasteiger partial charge in [0.2, 0.25) is 0 Å². The molecule has 0 fully saturated rings. The Hall–Kier alpha value is -1.77. The number of halogens is 1. The van der Waals surface area contributed by atoms with E-state index in [1.807, 2.05) is 56.8 Å². The lowest BCUT2D eigenvalue weighted by molar-refractivity contribution is 0.242. The van der Waals surface area contributed by atoms with E-state index < -0.39 is 0 Å². The van der Waals surface area contributed by atoms with Crippen LogP contribution >= 0.6 is 24.0 Å². The lowest BCUT2D eigenvalue weighted by Gasteiger charge is -2.11. The first-order valence-corrected chi connectivity index (χ1v) is 8.69. The van der Waals surface area contributed by atoms with E-state index in [9.17, 15) is 0 Å². The third-order valence-corrected chi connectivity index (χ3v) is 4.02. The van der Waals surface area contributed by atoms with E-state index in [1.54, 1.807) is 0 Å². The quantitative estimate of drug-likeness (QED) is 0.279. The lowest BCUT2D eigenvalue weighted by atomic mass is 10.1. The maximum atomic E-state index is 5.96. The molecule has 0 aliphatic carbocycles. The molecule has 2 aromatic rings. The topological polar surface area (TPSA) is 77.5 Å². The smallest absolute Gasteiger partial charge is 0.193 e. The summed E-state index contributed by atoms with van der Waals surface area (Å²) in [5.41, 5.74) is 10.5. The Bertz CT molecular complexity index is 722.